The van der Waals surface area contributed by atoms with Crippen LogP contribution in [0.4, 0.5) is 5.82 Å². The molecule has 29 heavy (non-hydrogen) atoms. The monoisotopic (exact) mass is 395 g/mol. The van der Waals surface area contributed by atoms with E-state index in [4.69, 9.17) is 4.74 Å². The molecule has 5 heteroatoms. The lowest BCUT2D eigenvalue weighted by atomic mass is 10.1. The summed E-state index contributed by atoms with van der Waals surface area (Å²) in [4.78, 5) is 21.8. The molecule has 0 N–H and O–H groups in total. The Balaban J connectivity index is 1.69. The highest BCUT2D eigenvalue weighted by molar-refractivity contribution is 5.94. The molecule has 2 aromatic rings. The Kier molecular flexibility index (Phi) is 7.26. The first-order valence-corrected chi connectivity index (χ1v) is 10.7. The third-order valence-electron chi connectivity index (χ3n) is 5.55. The molecule has 1 aromatic carbocycles. The van der Waals surface area contributed by atoms with E-state index in [0.717, 1.165) is 44.8 Å². The minimum atomic E-state index is -0.296. The number of carbonyl (C=O) groups is 1. The first-order chi connectivity index (χ1) is 14.0. The van der Waals surface area contributed by atoms with E-state index >= 15 is 0 Å². The van der Waals surface area contributed by atoms with Gasteiger partial charge < -0.3 is 9.64 Å². The van der Waals surface area contributed by atoms with E-state index in [1.165, 1.54) is 11.1 Å². The van der Waals surface area contributed by atoms with Gasteiger partial charge in [0.2, 0.25) is 0 Å². The highest BCUT2D eigenvalue weighted by atomic mass is 16.5. The summed E-state index contributed by atoms with van der Waals surface area (Å²) in [6, 6.07) is 13.0. The molecule has 156 valence electrons. The van der Waals surface area contributed by atoms with Crippen molar-refractivity contribution in [3.8, 4) is 0 Å². The first kappa shape index (κ1) is 21.3. The van der Waals surface area contributed by atoms with Gasteiger partial charge in [-0.05, 0) is 56.5 Å². The maximum atomic E-state index is 12.5. The average Bonchev–Trinajstić information content (AvgIpc) is 3.22. The summed E-state index contributed by atoms with van der Waals surface area (Å²) >= 11 is 0. The van der Waals surface area contributed by atoms with Gasteiger partial charge in [0.15, 0.2) is 0 Å². The standard InChI is InChI=1S/C24H33N3O2/c1-5-19-9-11-20(12-10-19)16-26(6-2)21-13-15-27(17-21)23-22(8-7-14-25-23)24(28)29-18(3)4/h7-12,14,18,21H,5-6,13,15-17H2,1-4H3/t21-/m0/s1. The van der Waals surface area contributed by atoms with Gasteiger partial charge in [-0.25, -0.2) is 9.78 Å². The van der Waals surface area contributed by atoms with Crippen molar-refractivity contribution in [2.75, 3.05) is 24.5 Å². The Bertz CT molecular complexity index is 804. The third kappa shape index (κ3) is 5.36. The molecule has 1 fully saturated rings. The molecule has 0 spiro atoms. The molecule has 0 aliphatic carbocycles. The molecule has 0 radical (unpaired) electrons. The van der Waals surface area contributed by atoms with Crippen LogP contribution in [0, 0.1) is 0 Å². The third-order valence-corrected chi connectivity index (χ3v) is 5.55. The number of hydrogen-bond acceptors (Lipinski definition) is 5. The van der Waals surface area contributed by atoms with E-state index in [-0.39, 0.29) is 12.1 Å². The molecule has 3 rings (SSSR count). The highest BCUT2D eigenvalue weighted by Gasteiger charge is 2.30. The molecule has 1 aromatic heterocycles. The molecular weight excluding hydrogens is 362 g/mol. The van der Waals surface area contributed by atoms with Crippen LogP contribution in [-0.4, -0.2) is 47.6 Å². The lowest BCUT2D eigenvalue weighted by Gasteiger charge is -2.28. The number of likely N-dealkylation sites (N-methyl/N-ethyl adjacent to an activating group) is 1. The summed E-state index contributed by atoms with van der Waals surface area (Å²) in [5.41, 5.74) is 3.28. The van der Waals surface area contributed by atoms with Crippen molar-refractivity contribution in [3.63, 3.8) is 0 Å². The Morgan fingerprint density at radius 1 is 1.21 bits per heavy atom. The van der Waals surface area contributed by atoms with E-state index in [1.807, 2.05) is 19.9 Å². The van der Waals surface area contributed by atoms with Gasteiger partial charge in [-0.1, -0.05) is 38.1 Å². The normalized spacial score (nSPS) is 16.6. The smallest absolute Gasteiger partial charge is 0.342 e. The molecule has 1 aliphatic rings. The van der Waals surface area contributed by atoms with Crippen molar-refractivity contribution in [3.05, 3.63) is 59.3 Å². The van der Waals surface area contributed by atoms with Crippen LogP contribution in [0.3, 0.4) is 0 Å². The number of pyridine rings is 1. The SMILES string of the molecule is CCc1ccc(CN(CC)[C@H]2CCN(c3ncccc3C(=O)OC(C)C)C2)cc1. The number of aromatic nitrogens is 1. The molecule has 0 bridgehead atoms. The van der Waals surface area contributed by atoms with Crippen LogP contribution in [0.25, 0.3) is 0 Å². The Labute approximate surface area is 174 Å². The molecule has 1 atom stereocenters. The molecule has 0 saturated carbocycles. The van der Waals surface area contributed by atoms with Gasteiger partial charge >= 0.3 is 5.97 Å². The van der Waals surface area contributed by atoms with Crippen LogP contribution in [0.1, 0.15) is 55.6 Å². The minimum Gasteiger partial charge on any atom is -0.459 e. The predicted molar refractivity (Wildman–Crippen MR) is 117 cm³/mol. The maximum absolute atomic E-state index is 12.5. The van der Waals surface area contributed by atoms with Gasteiger partial charge in [-0.15, -0.1) is 0 Å². The zero-order valence-corrected chi connectivity index (χ0v) is 18.1. The predicted octanol–water partition coefficient (Wildman–Crippen LogP) is 4.31. The Morgan fingerprint density at radius 3 is 2.59 bits per heavy atom. The Morgan fingerprint density at radius 2 is 1.93 bits per heavy atom. The fourth-order valence-electron chi connectivity index (χ4n) is 3.93. The molecule has 1 aliphatic heterocycles. The van der Waals surface area contributed by atoms with E-state index < -0.39 is 0 Å². The second-order valence-electron chi connectivity index (χ2n) is 7.95. The van der Waals surface area contributed by atoms with E-state index in [2.05, 4.69) is 52.9 Å². The van der Waals surface area contributed by atoms with E-state index in [9.17, 15) is 4.79 Å². The summed E-state index contributed by atoms with van der Waals surface area (Å²) in [7, 11) is 0. The number of benzene rings is 1. The summed E-state index contributed by atoms with van der Waals surface area (Å²) in [6.07, 6.45) is 3.75. The van der Waals surface area contributed by atoms with Crippen molar-refractivity contribution in [2.24, 2.45) is 0 Å². The van der Waals surface area contributed by atoms with E-state index in [1.54, 1.807) is 12.3 Å². The van der Waals surface area contributed by atoms with Crippen molar-refractivity contribution in [2.45, 2.75) is 59.2 Å². The molecule has 2 heterocycles. The topological polar surface area (TPSA) is 45.7 Å². The number of carbonyl (C=O) groups excluding carboxylic acids is 1. The van der Waals surface area contributed by atoms with Crippen LogP contribution in [0.2, 0.25) is 0 Å². The number of rotatable bonds is 8. The zero-order valence-electron chi connectivity index (χ0n) is 18.1. The first-order valence-electron chi connectivity index (χ1n) is 10.7. The molecule has 5 nitrogen and oxygen atoms in total. The van der Waals surface area contributed by atoms with Gasteiger partial charge in [0.1, 0.15) is 11.4 Å². The van der Waals surface area contributed by atoms with Gasteiger partial charge in [-0.3, -0.25) is 4.90 Å². The number of hydrogen-bond donors (Lipinski definition) is 0. The second kappa shape index (κ2) is 9.88. The summed E-state index contributed by atoms with van der Waals surface area (Å²) in [5, 5.41) is 0. The van der Waals surface area contributed by atoms with Crippen LogP contribution in [-0.2, 0) is 17.7 Å². The largest absolute Gasteiger partial charge is 0.459 e. The highest BCUT2D eigenvalue weighted by Crippen LogP contribution is 2.26. The van der Waals surface area contributed by atoms with Crippen molar-refractivity contribution >= 4 is 11.8 Å². The molecular formula is C24H33N3O2. The fourth-order valence-corrected chi connectivity index (χ4v) is 3.93. The van der Waals surface area contributed by atoms with E-state index in [0.29, 0.717) is 11.6 Å². The average molecular weight is 396 g/mol. The lowest BCUT2D eigenvalue weighted by Crippen LogP contribution is -2.37. The molecule has 1 saturated heterocycles. The Hall–Kier alpha value is -2.40. The number of nitrogens with zero attached hydrogens (tertiary/aromatic N) is 3. The zero-order chi connectivity index (χ0) is 20.8. The summed E-state index contributed by atoms with van der Waals surface area (Å²) in [6.45, 7) is 11.9. The summed E-state index contributed by atoms with van der Waals surface area (Å²) < 4.78 is 5.41. The second-order valence-corrected chi connectivity index (χ2v) is 7.95. The van der Waals surface area contributed by atoms with Crippen LogP contribution >= 0.6 is 0 Å². The molecule has 0 amide bonds. The van der Waals surface area contributed by atoms with Crippen LogP contribution < -0.4 is 4.90 Å². The summed E-state index contributed by atoms with van der Waals surface area (Å²) in [5.74, 6) is 0.443. The van der Waals surface area contributed by atoms with Gasteiger partial charge in [0, 0.05) is 31.9 Å². The fraction of sp³-hybridized carbons (Fsp3) is 0.500. The minimum absolute atomic E-state index is 0.142. The van der Waals surface area contributed by atoms with Crippen LogP contribution in [0.15, 0.2) is 42.6 Å². The lowest BCUT2D eigenvalue weighted by molar-refractivity contribution is 0.0378. The number of anilines is 1. The number of esters is 1. The van der Waals surface area contributed by atoms with Gasteiger partial charge in [0.25, 0.3) is 0 Å². The quantitative estimate of drug-likeness (QED) is 0.623. The van der Waals surface area contributed by atoms with Crippen LogP contribution in [0.5, 0.6) is 0 Å². The van der Waals surface area contributed by atoms with Crippen molar-refractivity contribution < 1.29 is 9.53 Å². The number of aryl methyl sites for hydroxylation is 1. The van der Waals surface area contributed by atoms with Gasteiger partial charge in [0.05, 0.1) is 6.10 Å². The molecule has 0 unspecified atom stereocenters. The van der Waals surface area contributed by atoms with Crippen molar-refractivity contribution in [1.29, 1.82) is 0 Å². The maximum Gasteiger partial charge on any atom is 0.342 e. The van der Waals surface area contributed by atoms with Gasteiger partial charge in [-0.2, -0.15) is 0 Å². The number of ether oxygens (including phenoxy) is 1. The van der Waals surface area contributed by atoms with Crippen molar-refractivity contribution in [1.82, 2.24) is 9.88 Å².